The number of nitrogens with zero attached hydrogens (tertiary/aromatic N) is 1. The maximum absolute atomic E-state index is 3.45. The fourth-order valence-corrected chi connectivity index (χ4v) is 3.49. The van der Waals surface area contributed by atoms with E-state index < -0.39 is 0 Å². The van der Waals surface area contributed by atoms with E-state index in [9.17, 15) is 0 Å². The summed E-state index contributed by atoms with van der Waals surface area (Å²) in [7, 11) is 2.28. The molecule has 1 rings (SSSR count). The minimum absolute atomic E-state index is 0.387. The van der Waals surface area contributed by atoms with Crippen LogP contribution >= 0.6 is 11.8 Å². The Labute approximate surface area is 99.2 Å². The Morgan fingerprint density at radius 2 is 2.20 bits per heavy atom. The van der Waals surface area contributed by atoms with Crippen molar-refractivity contribution in [3.8, 4) is 0 Å². The normalized spacial score (nSPS) is 22.6. The fraction of sp³-hybridized carbons (Fsp3) is 1.00. The standard InChI is InChI=1S/C12H26N2S/c1-5-13-9-12(2,3)10-14(4)11-6-7-15-8-11/h11,13H,5-10H2,1-4H3. The van der Waals surface area contributed by atoms with E-state index >= 15 is 0 Å². The van der Waals surface area contributed by atoms with Crippen LogP contribution in [0.15, 0.2) is 0 Å². The lowest BCUT2D eigenvalue weighted by molar-refractivity contribution is 0.169. The third-order valence-corrected chi connectivity index (χ3v) is 4.20. The van der Waals surface area contributed by atoms with E-state index in [0.717, 1.165) is 19.1 Å². The molecule has 0 bridgehead atoms. The number of nitrogens with one attached hydrogen (secondary N) is 1. The van der Waals surface area contributed by atoms with E-state index in [0.29, 0.717) is 5.41 Å². The molecule has 0 amide bonds. The van der Waals surface area contributed by atoms with Gasteiger partial charge in [-0.3, -0.25) is 0 Å². The van der Waals surface area contributed by atoms with E-state index in [1.54, 1.807) is 0 Å². The van der Waals surface area contributed by atoms with Crippen molar-refractivity contribution in [2.45, 2.75) is 33.2 Å². The van der Waals surface area contributed by atoms with Crippen LogP contribution in [0, 0.1) is 5.41 Å². The Morgan fingerprint density at radius 1 is 1.47 bits per heavy atom. The van der Waals surface area contributed by atoms with Gasteiger partial charge in [0.1, 0.15) is 0 Å². The van der Waals surface area contributed by atoms with Crippen LogP contribution in [0.3, 0.4) is 0 Å². The molecule has 1 fully saturated rings. The molecule has 0 spiro atoms. The Morgan fingerprint density at radius 3 is 2.73 bits per heavy atom. The molecule has 2 nitrogen and oxygen atoms in total. The van der Waals surface area contributed by atoms with Crippen LogP contribution in [-0.4, -0.2) is 49.1 Å². The van der Waals surface area contributed by atoms with Crippen molar-refractivity contribution in [3.63, 3.8) is 0 Å². The second-order valence-corrected chi connectivity index (χ2v) is 6.53. The maximum Gasteiger partial charge on any atom is 0.0191 e. The number of rotatable bonds is 6. The molecular weight excluding hydrogens is 204 g/mol. The SMILES string of the molecule is CCNCC(C)(C)CN(C)C1CCSC1. The van der Waals surface area contributed by atoms with Crippen molar-refractivity contribution in [3.05, 3.63) is 0 Å². The molecule has 3 heteroatoms. The van der Waals surface area contributed by atoms with Gasteiger partial charge >= 0.3 is 0 Å². The Hall–Kier alpha value is 0.270. The molecule has 15 heavy (non-hydrogen) atoms. The van der Waals surface area contributed by atoms with Crippen molar-refractivity contribution in [1.82, 2.24) is 10.2 Å². The summed E-state index contributed by atoms with van der Waals surface area (Å²) in [6, 6.07) is 0.816. The van der Waals surface area contributed by atoms with E-state index in [2.05, 4.69) is 49.8 Å². The summed E-state index contributed by atoms with van der Waals surface area (Å²) in [5.74, 6) is 2.68. The Kier molecular flexibility index (Phi) is 5.44. The molecular formula is C12H26N2S. The van der Waals surface area contributed by atoms with Crippen LogP contribution in [0.4, 0.5) is 0 Å². The first-order valence-electron chi connectivity index (χ1n) is 6.04. The highest BCUT2D eigenvalue weighted by atomic mass is 32.2. The highest BCUT2D eigenvalue weighted by molar-refractivity contribution is 7.99. The predicted octanol–water partition coefficient (Wildman–Crippen LogP) is 2.06. The van der Waals surface area contributed by atoms with Crippen molar-refractivity contribution in [1.29, 1.82) is 0 Å². The summed E-state index contributed by atoms with van der Waals surface area (Å²) in [6.07, 6.45) is 1.37. The van der Waals surface area contributed by atoms with Gasteiger partial charge in [0.15, 0.2) is 0 Å². The van der Waals surface area contributed by atoms with Crippen molar-refractivity contribution < 1.29 is 0 Å². The fourth-order valence-electron chi connectivity index (χ4n) is 2.19. The third kappa shape index (κ3) is 4.75. The molecule has 1 N–H and O–H groups in total. The molecule has 0 radical (unpaired) electrons. The lowest BCUT2D eigenvalue weighted by Crippen LogP contribution is -2.43. The minimum Gasteiger partial charge on any atom is -0.316 e. The van der Waals surface area contributed by atoms with Crippen LogP contribution in [-0.2, 0) is 0 Å². The molecule has 0 aliphatic carbocycles. The summed E-state index contributed by atoms with van der Waals surface area (Å²) in [5, 5.41) is 3.45. The van der Waals surface area contributed by atoms with Gasteiger partial charge in [-0.1, -0.05) is 20.8 Å². The Bertz CT molecular complexity index is 176. The second-order valence-electron chi connectivity index (χ2n) is 5.38. The summed E-state index contributed by atoms with van der Waals surface area (Å²) >= 11 is 2.10. The van der Waals surface area contributed by atoms with Crippen LogP contribution in [0.25, 0.3) is 0 Å². The van der Waals surface area contributed by atoms with E-state index in [1.807, 2.05) is 0 Å². The van der Waals surface area contributed by atoms with Gasteiger partial charge in [0.25, 0.3) is 0 Å². The highest BCUT2D eigenvalue weighted by Crippen LogP contribution is 2.24. The van der Waals surface area contributed by atoms with Gasteiger partial charge in [-0.15, -0.1) is 0 Å². The zero-order valence-electron chi connectivity index (χ0n) is 10.7. The summed E-state index contributed by atoms with van der Waals surface area (Å²) in [6.45, 7) is 10.3. The monoisotopic (exact) mass is 230 g/mol. The minimum atomic E-state index is 0.387. The van der Waals surface area contributed by atoms with Crippen LogP contribution in [0.2, 0.25) is 0 Å². The predicted molar refractivity (Wildman–Crippen MR) is 70.7 cm³/mol. The smallest absolute Gasteiger partial charge is 0.0191 e. The maximum atomic E-state index is 3.45. The van der Waals surface area contributed by atoms with Gasteiger partial charge in [-0.2, -0.15) is 11.8 Å². The molecule has 1 aliphatic rings. The first-order chi connectivity index (χ1) is 7.05. The van der Waals surface area contributed by atoms with Crippen LogP contribution in [0.1, 0.15) is 27.2 Å². The molecule has 1 unspecified atom stereocenters. The first kappa shape index (κ1) is 13.3. The molecule has 0 aromatic carbocycles. The summed E-state index contributed by atoms with van der Waals surface area (Å²) < 4.78 is 0. The molecule has 0 saturated carbocycles. The highest BCUT2D eigenvalue weighted by Gasteiger charge is 2.25. The largest absolute Gasteiger partial charge is 0.316 e. The molecule has 1 heterocycles. The van der Waals surface area contributed by atoms with Crippen molar-refractivity contribution in [2.24, 2.45) is 5.41 Å². The topological polar surface area (TPSA) is 15.3 Å². The summed E-state index contributed by atoms with van der Waals surface area (Å²) in [4.78, 5) is 2.55. The average molecular weight is 230 g/mol. The van der Waals surface area contributed by atoms with Crippen LogP contribution < -0.4 is 5.32 Å². The second kappa shape index (κ2) is 6.12. The van der Waals surface area contributed by atoms with E-state index in [4.69, 9.17) is 0 Å². The van der Waals surface area contributed by atoms with Crippen molar-refractivity contribution >= 4 is 11.8 Å². The van der Waals surface area contributed by atoms with Gasteiger partial charge in [-0.25, -0.2) is 0 Å². The Balaban J connectivity index is 2.30. The number of hydrogen-bond acceptors (Lipinski definition) is 3. The molecule has 1 atom stereocenters. The number of hydrogen-bond donors (Lipinski definition) is 1. The summed E-state index contributed by atoms with van der Waals surface area (Å²) in [5.41, 5.74) is 0.387. The number of thioether (sulfide) groups is 1. The van der Waals surface area contributed by atoms with Gasteiger partial charge in [0, 0.05) is 24.9 Å². The van der Waals surface area contributed by atoms with E-state index in [-0.39, 0.29) is 0 Å². The zero-order valence-corrected chi connectivity index (χ0v) is 11.5. The quantitative estimate of drug-likeness (QED) is 0.752. The molecule has 1 saturated heterocycles. The molecule has 1 aliphatic heterocycles. The lowest BCUT2D eigenvalue weighted by atomic mass is 9.92. The average Bonchev–Trinajstić information content (AvgIpc) is 2.67. The molecule has 0 aromatic rings. The van der Waals surface area contributed by atoms with Crippen LogP contribution in [0.5, 0.6) is 0 Å². The van der Waals surface area contributed by atoms with Gasteiger partial charge in [0.2, 0.25) is 0 Å². The van der Waals surface area contributed by atoms with Gasteiger partial charge in [0.05, 0.1) is 0 Å². The van der Waals surface area contributed by atoms with Gasteiger partial charge in [-0.05, 0) is 31.2 Å². The first-order valence-corrected chi connectivity index (χ1v) is 7.19. The van der Waals surface area contributed by atoms with Gasteiger partial charge < -0.3 is 10.2 Å². The third-order valence-electron chi connectivity index (χ3n) is 3.06. The van der Waals surface area contributed by atoms with E-state index in [1.165, 1.54) is 24.5 Å². The molecule has 0 aromatic heterocycles. The zero-order chi connectivity index (χ0) is 11.3. The lowest BCUT2D eigenvalue weighted by Gasteiger charge is -2.33. The molecule has 90 valence electrons. The van der Waals surface area contributed by atoms with Crippen molar-refractivity contribution in [2.75, 3.05) is 38.2 Å².